The Hall–Kier alpha value is 0.127. The van der Waals surface area contributed by atoms with Crippen molar-refractivity contribution in [1.82, 2.24) is 0 Å². The summed E-state index contributed by atoms with van der Waals surface area (Å²) in [6.45, 7) is 14.9. The van der Waals surface area contributed by atoms with Gasteiger partial charge in [-0.2, -0.15) is 0 Å². The molecule has 0 aromatic heterocycles. The Morgan fingerprint density at radius 2 is 1.68 bits per heavy atom. The molecule has 125 valence electrons. The van der Waals surface area contributed by atoms with Crippen molar-refractivity contribution in [2.24, 2.45) is 11.3 Å². The van der Waals surface area contributed by atoms with Crippen LogP contribution in [-0.4, -0.2) is 20.1 Å². The van der Waals surface area contributed by atoms with Crippen molar-refractivity contribution < 1.29 is 4.43 Å². The van der Waals surface area contributed by atoms with Gasteiger partial charge in [0.25, 0.3) is 0 Å². The average Bonchev–Trinajstić information content (AvgIpc) is 2.44. The molecule has 0 N–H and O–H groups in total. The van der Waals surface area contributed by atoms with Crippen LogP contribution in [0.1, 0.15) is 46.1 Å². The number of hydrogen-bond donors (Lipinski definition) is 0. The van der Waals surface area contributed by atoms with Crippen LogP contribution >= 0.6 is 22.6 Å². The highest BCUT2D eigenvalue weighted by Gasteiger charge is 2.42. The molecule has 1 aromatic rings. The summed E-state index contributed by atoms with van der Waals surface area (Å²) in [5.41, 5.74) is 1.86. The van der Waals surface area contributed by atoms with Gasteiger partial charge in [0, 0.05) is 6.61 Å². The Labute approximate surface area is 153 Å². The van der Waals surface area contributed by atoms with E-state index in [1.807, 2.05) is 0 Å². The SMILES string of the molecule is C[Si](C)OCC(C(C)(C)C)[C@](C)(CCCI)c1ccccc1. The highest BCUT2D eigenvalue weighted by atomic mass is 127. The van der Waals surface area contributed by atoms with E-state index in [0.717, 1.165) is 6.61 Å². The Bertz CT molecular complexity index is 427. The van der Waals surface area contributed by atoms with E-state index < -0.39 is 9.04 Å². The molecule has 0 saturated heterocycles. The highest BCUT2D eigenvalue weighted by Crippen LogP contribution is 2.45. The lowest BCUT2D eigenvalue weighted by molar-refractivity contribution is 0.0688. The Morgan fingerprint density at radius 3 is 2.14 bits per heavy atom. The maximum absolute atomic E-state index is 6.18. The topological polar surface area (TPSA) is 9.23 Å². The van der Waals surface area contributed by atoms with Crippen LogP contribution in [0.25, 0.3) is 0 Å². The zero-order chi connectivity index (χ0) is 16.8. The van der Waals surface area contributed by atoms with Gasteiger partial charge in [0.2, 0.25) is 9.04 Å². The molecule has 1 aromatic carbocycles. The minimum Gasteiger partial charge on any atom is -0.417 e. The second-order valence-electron chi connectivity index (χ2n) is 7.71. The van der Waals surface area contributed by atoms with E-state index in [1.54, 1.807) is 0 Å². The third kappa shape index (κ3) is 5.64. The van der Waals surface area contributed by atoms with Gasteiger partial charge >= 0.3 is 0 Å². The van der Waals surface area contributed by atoms with Crippen molar-refractivity contribution >= 4 is 31.6 Å². The number of benzene rings is 1. The van der Waals surface area contributed by atoms with Crippen molar-refractivity contribution in [2.75, 3.05) is 11.0 Å². The minimum absolute atomic E-state index is 0.169. The van der Waals surface area contributed by atoms with Gasteiger partial charge < -0.3 is 4.43 Å². The molecule has 0 aliphatic heterocycles. The lowest BCUT2D eigenvalue weighted by Gasteiger charge is -2.46. The molecule has 1 radical (unpaired) electrons. The summed E-state index contributed by atoms with van der Waals surface area (Å²) in [5.74, 6) is 0.519. The van der Waals surface area contributed by atoms with Crippen molar-refractivity contribution in [3.63, 3.8) is 0 Å². The van der Waals surface area contributed by atoms with E-state index in [1.165, 1.54) is 22.8 Å². The highest BCUT2D eigenvalue weighted by molar-refractivity contribution is 14.1. The molecule has 0 spiro atoms. The zero-order valence-corrected chi connectivity index (χ0v) is 18.2. The molecule has 1 unspecified atom stereocenters. The smallest absolute Gasteiger partial charge is 0.204 e. The summed E-state index contributed by atoms with van der Waals surface area (Å²) in [7, 11) is -0.652. The van der Waals surface area contributed by atoms with Crippen LogP contribution in [0.3, 0.4) is 0 Å². The number of hydrogen-bond acceptors (Lipinski definition) is 1. The molecule has 3 heteroatoms. The predicted octanol–water partition coefficient (Wildman–Crippen LogP) is 6.09. The number of halogens is 1. The third-order valence-electron chi connectivity index (χ3n) is 4.62. The van der Waals surface area contributed by atoms with Crippen LogP contribution in [0.2, 0.25) is 13.1 Å². The monoisotopic (exact) mass is 431 g/mol. The molecule has 22 heavy (non-hydrogen) atoms. The van der Waals surface area contributed by atoms with E-state index in [0.29, 0.717) is 5.92 Å². The summed E-state index contributed by atoms with van der Waals surface area (Å²) in [4.78, 5) is 0. The fraction of sp³-hybridized carbons (Fsp3) is 0.684. The summed E-state index contributed by atoms with van der Waals surface area (Å²) < 4.78 is 7.39. The first-order chi connectivity index (χ1) is 10.2. The first-order valence-corrected chi connectivity index (χ1v) is 12.2. The van der Waals surface area contributed by atoms with E-state index in [2.05, 4.69) is 93.7 Å². The Balaban J connectivity index is 3.19. The maximum atomic E-state index is 6.18. The summed E-state index contributed by atoms with van der Waals surface area (Å²) in [6, 6.07) is 11.1. The van der Waals surface area contributed by atoms with Crippen LogP contribution < -0.4 is 0 Å². The molecule has 0 fully saturated rings. The van der Waals surface area contributed by atoms with Crippen LogP contribution in [-0.2, 0) is 9.84 Å². The van der Waals surface area contributed by atoms with Gasteiger partial charge in [0.1, 0.15) is 0 Å². The van der Waals surface area contributed by atoms with Gasteiger partial charge in [-0.1, -0.05) is 80.6 Å². The average molecular weight is 431 g/mol. The normalized spacial score (nSPS) is 16.5. The van der Waals surface area contributed by atoms with Gasteiger partial charge in [-0.3, -0.25) is 0 Å². The quantitative estimate of drug-likeness (QED) is 0.275. The fourth-order valence-electron chi connectivity index (χ4n) is 3.41. The van der Waals surface area contributed by atoms with Crippen molar-refractivity contribution in [3.8, 4) is 0 Å². The number of alkyl halides is 1. The lowest BCUT2D eigenvalue weighted by Crippen LogP contribution is -2.43. The first kappa shape index (κ1) is 20.2. The van der Waals surface area contributed by atoms with Gasteiger partial charge in [0.15, 0.2) is 0 Å². The second kappa shape index (κ2) is 8.83. The van der Waals surface area contributed by atoms with Crippen LogP contribution in [0.15, 0.2) is 30.3 Å². The lowest BCUT2D eigenvalue weighted by atomic mass is 9.60. The molecule has 0 aliphatic carbocycles. The van der Waals surface area contributed by atoms with Gasteiger partial charge in [-0.05, 0) is 52.7 Å². The van der Waals surface area contributed by atoms with Crippen molar-refractivity contribution in [3.05, 3.63) is 35.9 Å². The molecule has 0 aliphatic rings. The first-order valence-electron chi connectivity index (χ1n) is 8.26. The zero-order valence-electron chi connectivity index (χ0n) is 15.1. The van der Waals surface area contributed by atoms with Crippen LogP contribution in [0.5, 0.6) is 0 Å². The molecular weight excluding hydrogens is 399 g/mol. The van der Waals surface area contributed by atoms with Gasteiger partial charge in [-0.25, -0.2) is 0 Å². The molecule has 0 saturated carbocycles. The van der Waals surface area contributed by atoms with Crippen LogP contribution in [0, 0.1) is 11.3 Å². The molecule has 0 bridgehead atoms. The predicted molar refractivity (Wildman–Crippen MR) is 108 cm³/mol. The van der Waals surface area contributed by atoms with E-state index in [4.69, 9.17) is 4.43 Å². The van der Waals surface area contributed by atoms with Gasteiger partial charge in [-0.15, -0.1) is 0 Å². The minimum atomic E-state index is -0.652. The third-order valence-corrected chi connectivity index (χ3v) is 6.12. The molecule has 1 nitrogen and oxygen atoms in total. The summed E-state index contributed by atoms with van der Waals surface area (Å²) in [6.07, 6.45) is 2.48. The summed E-state index contributed by atoms with van der Waals surface area (Å²) in [5, 5.41) is 0. The van der Waals surface area contributed by atoms with Crippen molar-refractivity contribution in [2.45, 2.75) is 59.0 Å². The molecule has 2 atom stereocenters. The largest absolute Gasteiger partial charge is 0.417 e. The Kier molecular flexibility index (Phi) is 8.10. The maximum Gasteiger partial charge on any atom is 0.204 e. The molecule has 1 rings (SSSR count). The van der Waals surface area contributed by atoms with E-state index in [-0.39, 0.29) is 10.8 Å². The fourth-order valence-corrected chi connectivity index (χ4v) is 4.29. The van der Waals surface area contributed by atoms with E-state index >= 15 is 0 Å². The molecule has 0 heterocycles. The Morgan fingerprint density at radius 1 is 1.09 bits per heavy atom. The second-order valence-corrected chi connectivity index (χ2v) is 10.9. The van der Waals surface area contributed by atoms with Crippen molar-refractivity contribution in [1.29, 1.82) is 0 Å². The standard InChI is InChI=1S/C19H32IOSi/c1-18(2,3)17(15-21-22(5)6)19(4,13-10-14-20)16-11-8-7-9-12-16/h7-9,11-12,17H,10,13-15H2,1-6H3/t17?,19-/m1/s1. The molecular formula is C19H32IOSi. The number of rotatable bonds is 8. The van der Waals surface area contributed by atoms with E-state index in [9.17, 15) is 0 Å². The van der Waals surface area contributed by atoms with Crippen LogP contribution in [0.4, 0.5) is 0 Å². The van der Waals surface area contributed by atoms with Gasteiger partial charge in [0.05, 0.1) is 0 Å². The summed E-state index contributed by atoms with van der Waals surface area (Å²) >= 11 is 2.50. The molecule has 0 amide bonds.